The first-order valence-corrected chi connectivity index (χ1v) is 7.70. The molecule has 0 bridgehead atoms. The standard InChI is InChI=1S/C17H17N5O/c1-2-6-14(7-3-1)16-19-20-17(23-16)22-12-10-21(11-13-22)15-8-4-5-9-18-15/h1-9H,10-13H2. The van der Waals surface area contributed by atoms with Crippen molar-refractivity contribution in [2.24, 2.45) is 0 Å². The maximum absolute atomic E-state index is 5.82. The van der Waals surface area contributed by atoms with Crippen molar-refractivity contribution in [3.05, 3.63) is 54.7 Å². The van der Waals surface area contributed by atoms with E-state index in [-0.39, 0.29) is 0 Å². The molecule has 0 unspecified atom stereocenters. The third-order valence-corrected chi connectivity index (χ3v) is 3.96. The lowest BCUT2D eigenvalue weighted by molar-refractivity contribution is 0.523. The van der Waals surface area contributed by atoms with E-state index >= 15 is 0 Å². The minimum Gasteiger partial charge on any atom is -0.403 e. The minimum absolute atomic E-state index is 0.563. The van der Waals surface area contributed by atoms with E-state index in [1.807, 2.05) is 54.7 Å². The molecule has 2 aromatic heterocycles. The maximum Gasteiger partial charge on any atom is 0.318 e. The Morgan fingerprint density at radius 3 is 2.26 bits per heavy atom. The van der Waals surface area contributed by atoms with E-state index in [0.717, 1.165) is 37.6 Å². The highest BCUT2D eigenvalue weighted by Crippen LogP contribution is 2.23. The van der Waals surface area contributed by atoms with Crippen molar-refractivity contribution in [3.63, 3.8) is 0 Å². The van der Waals surface area contributed by atoms with Crippen LogP contribution < -0.4 is 9.80 Å². The summed E-state index contributed by atoms with van der Waals surface area (Å²) in [7, 11) is 0. The van der Waals surface area contributed by atoms with Gasteiger partial charge in [-0.1, -0.05) is 29.4 Å². The molecule has 6 heteroatoms. The van der Waals surface area contributed by atoms with Gasteiger partial charge in [0.05, 0.1) is 0 Å². The van der Waals surface area contributed by atoms with Gasteiger partial charge < -0.3 is 14.2 Å². The van der Waals surface area contributed by atoms with E-state index in [1.54, 1.807) is 0 Å². The largest absolute Gasteiger partial charge is 0.403 e. The first-order chi connectivity index (χ1) is 11.4. The number of hydrogen-bond acceptors (Lipinski definition) is 6. The number of nitrogens with zero attached hydrogens (tertiary/aromatic N) is 5. The summed E-state index contributed by atoms with van der Waals surface area (Å²) < 4.78 is 5.82. The Hall–Kier alpha value is -2.89. The molecule has 0 amide bonds. The highest BCUT2D eigenvalue weighted by molar-refractivity contribution is 5.53. The molecule has 6 nitrogen and oxygen atoms in total. The summed E-state index contributed by atoms with van der Waals surface area (Å²) >= 11 is 0. The zero-order valence-electron chi connectivity index (χ0n) is 12.7. The lowest BCUT2D eigenvalue weighted by Gasteiger charge is -2.34. The van der Waals surface area contributed by atoms with Gasteiger partial charge in [0.1, 0.15) is 5.82 Å². The highest BCUT2D eigenvalue weighted by Gasteiger charge is 2.22. The summed E-state index contributed by atoms with van der Waals surface area (Å²) in [5.74, 6) is 1.58. The van der Waals surface area contributed by atoms with Gasteiger partial charge in [-0.25, -0.2) is 4.98 Å². The fraction of sp³-hybridized carbons (Fsp3) is 0.235. The van der Waals surface area contributed by atoms with Crippen molar-refractivity contribution in [1.82, 2.24) is 15.2 Å². The summed E-state index contributed by atoms with van der Waals surface area (Å²) in [5.41, 5.74) is 0.943. The van der Waals surface area contributed by atoms with Crippen molar-refractivity contribution < 1.29 is 4.42 Å². The Bertz CT molecular complexity index is 751. The van der Waals surface area contributed by atoms with Crippen LogP contribution in [0.2, 0.25) is 0 Å². The Balaban J connectivity index is 1.44. The van der Waals surface area contributed by atoms with Crippen molar-refractivity contribution in [2.45, 2.75) is 0 Å². The second-order valence-electron chi connectivity index (χ2n) is 5.42. The molecule has 1 aliphatic rings. The third-order valence-electron chi connectivity index (χ3n) is 3.96. The zero-order valence-corrected chi connectivity index (χ0v) is 12.7. The summed E-state index contributed by atoms with van der Waals surface area (Å²) in [6, 6.07) is 16.4. The van der Waals surface area contributed by atoms with Gasteiger partial charge in [-0.3, -0.25) is 0 Å². The van der Waals surface area contributed by atoms with E-state index in [2.05, 4.69) is 25.0 Å². The number of anilines is 2. The average molecular weight is 307 g/mol. The molecule has 0 radical (unpaired) electrons. The van der Waals surface area contributed by atoms with Crippen LogP contribution in [0.5, 0.6) is 0 Å². The zero-order chi connectivity index (χ0) is 15.5. The number of hydrogen-bond donors (Lipinski definition) is 0. The predicted octanol–water partition coefficient (Wildman–Crippen LogP) is 2.46. The molecule has 1 saturated heterocycles. The van der Waals surface area contributed by atoms with Gasteiger partial charge in [-0.15, -0.1) is 5.10 Å². The van der Waals surface area contributed by atoms with Crippen LogP contribution in [0.15, 0.2) is 59.1 Å². The Labute approximate surface area is 134 Å². The van der Waals surface area contributed by atoms with Crippen LogP contribution in [0, 0.1) is 0 Å². The second-order valence-corrected chi connectivity index (χ2v) is 5.42. The lowest BCUT2D eigenvalue weighted by atomic mass is 10.2. The first-order valence-electron chi connectivity index (χ1n) is 7.70. The van der Waals surface area contributed by atoms with Crippen molar-refractivity contribution >= 4 is 11.8 Å². The summed E-state index contributed by atoms with van der Waals surface area (Å²) in [6.45, 7) is 3.46. The monoisotopic (exact) mass is 307 g/mol. The van der Waals surface area contributed by atoms with Crippen LogP contribution >= 0.6 is 0 Å². The van der Waals surface area contributed by atoms with Crippen LogP contribution in [0.3, 0.4) is 0 Å². The molecule has 1 fully saturated rings. The lowest BCUT2D eigenvalue weighted by Crippen LogP contribution is -2.47. The Morgan fingerprint density at radius 1 is 0.783 bits per heavy atom. The molecule has 0 saturated carbocycles. The second kappa shape index (κ2) is 6.08. The van der Waals surface area contributed by atoms with E-state index in [1.165, 1.54) is 0 Å². The van der Waals surface area contributed by atoms with E-state index in [4.69, 9.17) is 4.42 Å². The highest BCUT2D eigenvalue weighted by atomic mass is 16.4. The molecule has 0 spiro atoms. The van der Waals surface area contributed by atoms with E-state index in [0.29, 0.717) is 11.9 Å². The quantitative estimate of drug-likeness (QED) is 0.741. The van der Waals surface area contributed by atoms with Gasteiger partial charge in [-0.2, -0.15) is 0 Å². The third kappa shape index (κ3) is 2.88. The first kappa shape index (κ1) is 13.8. The Kier molecular flexibility index (Phi) is 3.63. The average Bonchev–Trinajstić information content (AvgIpc) is 3.14. The van der Waals surface area contributed by atoms with Gasteiger partial charge in [0.25, 0.3) is 0 Å². The number of aromatic nitrogens is 3. The van der Waals surface area contributed by atoms with Gasteiger partial charge >= 0.3 is 6.01 Å². The van der Waals surface area contributed by atoms with Crippen LogP contribution in [0.1, 0.15) is 0 Å². The van der Waals surface area contributed by atoms with Crippen molar-refractivity contribution in [1.29, 1.82) is 0 Å². The number of rotatable bonds is 3. The molecule has 23 heavy (non-hydrogen) atoms. The van der Waals surface area contributed by atoms with Gasteiger partial charge in [-0.05, 0) is 24.3 Å². The Morgan fingerprint density at radius 2 is 1.52 bits per heavy atom. The summed E-state index contributed by atoms with van der Waals surface area (Å²) in [6.07, 6.45) is 1.83. The fourth-order valence-corrected chi connectivity index (χ4v) is 2.71. The number of benzene rings is 1. The van der Waals surface area contributed by atoms with Crippen LogP contribution in [-0.2, 0) is 0 Å². The van der Waals surface area contributed by atoms with Crippen LogP contribution in [0.25, 0.3) is 11.5 Å². The number of pyridine rings is 1. The molecule has 116 valence electrons. The van der Waals surface area contributed by atoms with Gasteiger partial charge in [0, 0.05) is 37.9 Å². The van der Waals surface area contributed by atoms with Crippen LogP contribution in [0.4, 0.5) is 11.8 Å². The molecular weight excluding hydrogens is 290 g/mol. The minimum atomic E-state index is 0.563. The molecule has 1 aliphatic heterocycles. The molecule has 3 heterocycles. The molecule has 1 aromatic carbocycles. The predicted molar refractivity (Wildman–Crippen MR) is 88.4 cm³/mol. The summed E-state index contributed by atoms with van der Waals surface area (Å²) in [4.78, 5) is 8.79. The molecule has 3 aromatic rings. The molecule has 0 N–H and O–H groups in total. The maximum atomic E-state index is 5.82. The summed E-state index contributed by atoms with van der Waals surface area (Å²) in [5, 5.41) is 8.34. The van der Waals surface area contributed by atoms with E-state index < -0.39 is 0 Å². The smallest absolute Gasteiger partial charge is 0.318 e. The van der Waals surface area contributed by atoms with Crippen LogP contribution in [-0.4, -0.2) is 41.4 Å². The molecular formula is C17H17N5O. The SMILES string of the molecule is c1ccc(-c2nnc(N3CCN(c4ccccn4)CC3)o2)cc1. The topological polar surface area (TPSA) is 58.3 Å². The van der Waals surface area contributed by atoms with Gasteiger partial charge in [0.2, 0.25) is 5.89 Å². The van der Waals surface area contributed by atoms with E-state index in [9.17, 15) is 0 Å². The normalized spacial score (nSPS) is 15.0. The molecule has 0 aliphatic carbocycles. The van der Waals surface area contributed by atoms with Gasteiger partial charge in [0.15, 0.2) is 0 Å². The number of piperazine rings is 1. The molecule has 4 rings (SSSR count). The molecule has 0 atom stereocenters. The van der Waals surface area contributed by atoms with Crippen molar-refractivity contribution in [3.8, 4) is 11.5 Å². The van der Waals surface area contributed by atoms with Crippen molar-refractivity contribution in [2.75, 3.05) is 36.0 Å². The fourth-order valence-electron chi connectivity index (χ4n) is 2.71.